The number of aromatic nitrogens is 1. The van der Waals surface area contributed by atoms with Crippen molar-refractivity contribution in [1.82, 2.24) is 10.3 Å². The van der Waals surface area contributed by atoms with Gasteiger partial charge in [-0.25, -0.2) is 0 Å². The molecule has 118 valence electrons. The maximum atomic E-state index is 12.3. The Morgan fingerprint density at radius 2 is 1.96 bits per heavy atom. The van der Waals surface area contributed by atoms with Gasteiger partial charge in [0, 0.05) is 6.20 Å². The summed E-state index contributed by atoms with van der Waals surface area (Å²) in [5.74, 6) is 0.515. The normalized spacial score (nSPS) is 15.4. The fraction of sp³-hybridized carbons (Fsp3) is 0.158. The number of amides is 1. The predicted molar refractivity (Wildman–Crippen MR) is 93.7 cm³/mol. The number of hydrogen-bond acceptors (Lipinski definition) is 4. The molecule has 0 bridgehead atoms. The van der Waals surface area contributed by atoms with Crippen molar-refractivity contribution in [2.24, 2.45) is 10.2 Å². The van der Waals surface area contributed by atoms with E-state index in [-0.39, 0.29) is 5.91 Å². The van der Waals surface area contributed by atoms with Crippen LogP contribution >= 0.6 is 0 Å². The molecule has 5 heteroatoms. The number of rotatable bonds is 3. The summed E-state index contributed by atoms with van der Waals surface area (Å²) in [5.41, 5.74) is 5.09. The average molecular weight is 316 g/mol. The summed E-state index contributed by atoms with van der Waals surface area (Å²) in [4.78, 5) is 16.6. The van der Waals surface area contributed by atoms with Crippen LogP contribution in [0.1, 0.15) is 29.7 Å². The Morgan fingerprint density at radius 3 is 2.83 bits per heavy atom. The molecule has 2 heterocycles. The van der Waals surface area contributed by atoms with Crippen molar-refractivity contribution in [2.75, 3.05) is 0 Å². The van der Waals surface area contributed by atoms with Crippen molar-refractivity contribution in [3.8, 4) is 0 Å². The summed E-state index contributed by atoms with van der Waals surface area (Å²) in [6.45, 7) is 0. The number of carbonyl (C=O) groups excluding carboxylic acids is 1. The lowest BCUT2D eigenvalue weighted by atomic mass is 10.0. The molecule has 1 aromatic carbocycles. The van der Waals surface area contributed by atoms with E-state index in [1.807, 2.05) is 30.3 Å². The molecule has 24 heavy (non-hydrogen) atoms. The SMILES string of the molecule is O=C(CC1=CCc2ccccc21)NC1=NN=C(c2ccccn2)C1. The number of fused-ring (bicyclic) bond motifs is 1. The van der Waals surface area contributed by atoms with Gasteiger partial charge in [-0.15, -0.1) is 5.10 Å². The lowest BCUT2D eigenvalue weighted by Gasteiger charge is -2.07. The Bertz CT molecular complexity index is 881. The zero-order valence-corrected chi connectivity index (χ0v) is 13.1. The van der Waals surface area contributed by atoms with E-state index in [9.17, 15) is 4.79 Å². The molecule has 1 aromatic heterocycles. The highest BCUT2D eigenvalue weighted by Crippen LogP contribution is 2.29. The van der Waals surface area contributed by atoms with Crippen LogP contribution in [0.25, 0.3) is 5.57 Å². The lowest BCUT2D eigenvalue weighted by molar-refractivity contribution is -0.118. The van der Waals surface area contributed by atoms with Gasteiger partial charge < -0.3 is 5.32 Å². The van der Waals surface area contributed by atoms with E-state index in [2.05, 4.69) is 38.7 Å². The van der Waals surface area contributed by atoms with Crippen molar-refractivity contribution in [1.29, 1.82) is 0 Å². The molecule has 0 fully saturated rings. The molecule has 1 N–H and O–H groups in total. The monoisotopic (exact) mass is 316 g/mol. The highest BCUT2D eigenvalue weighted by atomic mass is 16.1. The molecule has 0 radical (unpaired) electrons. The Hall–Kier alpha value is -3.08. The van der Waals surface area contributed by atoms with E-state index in [4.69, 9.17) is 0 Å². The molecular formula is C19H16N4O. The van der Waals surface area contributed by atoms with E-state index in [1.165, 1.54) is 11.1 Å². The van der Waals surface area contributed by atoms with Crippen molar-refractivity contribution < 1.29 is 4.79 Å². The van der Waals surface area contributed by atoms with Crippen LogP contribution < -0.4 is 5.32 Å². The Morgan fingerprint density at radius 1 is 1.08 bits per heavy atom. The molecule has 0 atom stereocenters. The average Bonchev–Trinajstić information content (AvgIpc) is 3.23. The smallest absolute Gasteiger partial charge is 0.229 e. The molecular weight excluding hydrogens is 300 g/mol. The molecule has 1 aliphatic carbocycles. The molecule has 2 aromatic rings. The van der Waals surface area contributed by atoms with Crippen molar-refractivity contribution in [3.05, 3.63) is 71.6 Å². The number of amidine groups is 1. The van der Waals surface area contributed by atoms with Gasteiger partial charge >= 0.3 is 0 Å². The summed E-state index contributed by atoms with van der Waals surface area (Å²) >= 11 is 0. The van der Waals surface area contributed by atoms with Gasteiger partial charge in [0.15, 0.2) is 0 Å². The van der Waals surface area contributed by atoms with Gasteiger partial charge in [-0.05, 0) is 35.3 Å². The van der Waals surface area contributed by atoms with E-state index >= 15 is 0 Å². The largest absolute Gasteiger partial charge is 0.312 e. The first kappa shape index (κ1) is 14.5. The number of benzene rings is 1. The molecule has 1 amide bonds. The van der Waals surface area contributed by atoms with Crippen molar-refractivity contribution >= 4 is 23.0 Å². The Labute approximate surface area is 139 Å². The fourth-order valence-corrected chi connectivity index (χ4v) is 2.99. The first-order valence-electron chi connectivity index (χ1n) is 7.91. The number of hydrogen-bond donors (Lipinski definition) is 1. The standard InChI is InChI=1S/C19H16N4O/c24-19(11-14-9-8-13-5-1-2-6-15(13)14)21-18-12-17(22-23-18)16-7-3-4-10-20-16/h1-7,9-10H,8,11-12H2,(H,21,23,24). The molecule has 1 aliphatic heterocycles. The van der Waals surface area contributed by atoms with Crippen LogP contribution in [0, 0.1) is 0 Å². The molecule has 0 saturated carbocycles. The fourth-order valence-electron chi connectivity index (χ4n) is 2.99. The molecule has 0 spiro atoms. The highest BCUT2D eigenvalue weighted by Gasteiger charge is 2.20. The van der Waals surface area contributed by atoms with Crippen LogP contribution in [-0.2, 0) is 11.2 Å². The number of nitrogens with one attached hydrogen (secondary N) is 1. The van der Waals surface area contributed by atoms with Crippen LogP contribution in [-0.4, -0.2) is 22.4 Å². The lowest BCUT2D eigenvalue weighted by Crippen LogP contribution is -2.30. The summed E-state index contributed by atoms with van der Waals surface area (Å²) in [7, 11) is 0. The highest BCUT2D eigenvalue weighted by molar-refractivity contribution is 6.17. The molecule has 2 aliphatic rings. The molecule has 0 unspecified atom stereocenters. The van der Waals surface area contributed by atoms with Crippen molar-refractivity contribution in [2.45, 2.75) is 19.3 Å². The minimum atomic E-state index is -0.0610. The van der Waals surface area contributed by atoms with Gasteiger partial charge in [0.25, 0.3) is 0 Å². The minimum Gasteiger partial charge on any atom is -0.312 e. The summed E-state index contributed by atoms with van der Waals surface area (Å²) in [5, 5.41) is 11.1. The zero-order valence-electron chi connectivity index (χ0n) is 13.1. The number of allylic oxidation sites excluding steroid dienone is 1. The number of nitrogens with zero attached hydrogens (tertiary/aromatic N) is 3. The summed E-state index contributed by atoms with van der Waals surface area (Å²) in [6, 6.07) is 13.9. The first-order valence-corrected chi connectivity index (χ1v) is 7.91. The summed E-state index contributed by atoms with van der Waals surface area (Å²) in [6.07, 6.45) is 5.59. The van der Waals surface area contributed by atoms with Crippen LogP contribution in [0.15, 0.2) is 64.9 Å². The van der Waals surface area contributed by atoms with Gasteiger partial charge in [-0.3, -0.25) is 9.78 Å². The van der Waals surface area contributed by atoms with Crippen LogP contribution in [0.2, 0.25) is 0 Å². The van der Waals surface area contributed by atoms with Gasteiger partial charge in [-0.2, -0.15) is 5.10 Å². The first-order chi connectivity index (χ1) is 11.8. The van der Waals surface area contributed by atoms with Crippen LogP contribution in [0.3, 0.4) is 0 Å². The van der Waals surface area contributed by atoms with Gasteiger partial charge in [0.2, 0.25) is 5.91 Å². The third-order valence-corrected chi connectivity index (χ3v) is 4.15. The second-order valence-electron chi connectivity index (χ2n) is 5.80. The van der Waals surface area contributed by atoms with E-state index in [1.54, 1.807) is 6.20 Å². The minimum absolute atomic E-state index is 0.0610. The topological polar surface area (TPSA) is 66.7 Å². The zero-order chi connectivity index (χ0) is 16.4. The van der Waals surface area contributed by atoms with Gasteiger partial charge in [0.05, 0.1) is 24.2 Å². The number of carbonyl (C=O) groups is 1. The van der Waals surface area contributed by atoms with Gasteiger partial charge in [-0.1, -0.05) is 36.4 Å². The molecule has 4 rings (SSSR count). The Kier molecular flexibility index (Phi) is 3.75. The predicted octanol–water partition coefficient (Wildman–Crippen LogP) is 2.73. The van der Waals surface area contributed by atoms with Crippen LogP contribution in [0.4, 0.5) is 0 Å². The summed E-state index contributed by atoms with van der Waals surface area (Å²) < 4.78 is 0. The second kappa shape index (κ2) is 6.20. The molecule has 5 nitrogen and oxygen atoms in total. The third-order valence-electron chi connectivity index (χ3n) is 4.15. The Balaban J connectivity index is 1.36. The van der Waals surface area contributed by atoms with Crippen molar-refractivity contribution in [3.63, 3.8) is 0 Å². The maximum Gasteiger partial charge on any atom is 0.229 e. The second-order valence-corrected chi connectivity index (χ2v) is 5.80. The quantitative estimate of drug-likeness (QED) is 0.946. The molecule has 0 saturated heterocycles. The maximum absolute atomic E-state index is 12.3. The van der Waals surface area contributed by atoms with Crippen LogP contribution in [0.5, 0.6) is 0 Å². The van der Waals surface area contributed by atoms with E-state index < -0.39 is 0 Å². The third kappa shape index (κ3) is 2.88. The van der Waals surface area contributed by atoms with Gasteiger partial charge in [0.1, 0.15) is 5.84 Å². The number of pyridine rings is 1. The van der Waals surface area contributed by atoms with E-state index in [0.717, 1.165) is 23.4 Å². The van der Waals surface area contributed by atoms with E-state index in [0.29, 0.717) is 18.7 Å².